The van der Waals surface area contributed by atoms with E-state index in [1.54, 1.807) is 41.3 Å². The quantitative estimate of drug-likeness (QED) is 0.501. The Balaban J connectivity index is 1.39. The van der Waals surface area contributed by atoms with Gasteiger partial charge in [0.2, 0.25) is 11.8 Å². The first-order valence-electron chi connectivity index (χ1n) is 10.0. The normalized spacial score (nSPS) is 15.6. The third-order valence-electron chi connectivity index (χ3n) is 5.16. The van der Waals surface area contributed by atoms with Gasteiger partial charge in [-0.3, -0.25) is 9.59 Å². The van der Waals surface area contributed by atoms with E-state index in [4.69, 9.17) is 4.74 Å². The van der Waals surface area contributed by atoms with E-state index in [-0.39, 0.29) is 18.2 Å². The molecule has 156 valence electrons. The Hall–Kier alpha value is -3.93. The number of carbonyl (C=O) groups excluding carboxylic acids is 3. The standard InChI is InChI=1S/C25H22N2O4/c1-17-10-12-18(13-11-17)25(30)31-22-9-5-6-20(15-22)26-24(29)19-14-23(28)27(16-19)21-7-3-2-4-8-21/h2-13,15,19H,14,16H2,1H3,(H,26,29)/t19-/m0/s1. The SMILES string of the molecule is Cc1ccc(C(=O)Oc2cccc(NC(=O)[C@H]3CC(=O)N(c4ccccc4)C3)c2)cc1. The average Bonchev–Trinajstić information content (AvgIpc) is 3.17. The monoisotopic (exact) mass is 414 g/mol. The predicted octanol–water partition coefficient (Wildman–Crippen LogP) is 4.21. The van der Waals surface area contributed by atoms with E-state index < -0.39 is 11.9 Å². The molecule has 1 saturated heterocycles. The molecule has 0 unspecified atom stereocenters. The number of para-hydroxylation sites is 1. The highest BCUT2D eigenvalue weighted by Crippen LogP contribution is 2.26. The van der Waals surface area contributed by atoms with E-state index in [0.29, 0.717) is 23.5 Å². The van der Waals surface area contributed by atoms with Gasteiger partial charge < -0.3 is 15.0 Å². The maximum absolute atomic E-state index is 12.7. The van der Waals surface area contributed by atoms with Crippen LogP contribution in [-0.2, 0) is 9.59 Å². The second-order valence-electron chi connectivity index (χ2n) is 7.51. The van der Waals surface area contributed by atoms with Crippen molar-refractivity contribution in [2.75, 3.05) is 16.8 Å². The lowest BCUT2D eigenvalue weighted by Crippen LogP contribution is -2.28. The Bertz CT molecular complexity index is 1110. The number of anilines is 2. The van der Waals surface area contributed by atoms with Crippen LogP contribution in [-0.4, -0.2) is 24.3 Å². The van der Waals surface area contributed by atoms with Crippen LogP contribution in [0.2, 0.25) is 0 Å². The molecule has 1 N–H and O–H groups in total. The van der Waals surface area contributed by atoms with E-state index in [1.807, 2.05) is 49.4 Å². The van der Waals surface area contributed by atoms with E-state index >= 15 is 0 Å². The molecule has 6 heteroatoms. The fourth-order valence-corrected chi connectivity index (χ4v) is 3.48. The Labute approximate surface area is 180 Å². The van der Waals surface area contributed by atoms with Gasteiger partial charge in [0.1, 0.15) is 5.75 Å². The highest BCUT2D eigenvalue weighted by atomic mass is 16.5. The summed E-state index contributed by atoms with van der Waals surface area (Å²) in [4.78, 5) is 39.0. The van der Waals surface area contributed by atoms with E-state index in [1.165, 1.54) is 0 Å². The van der Waals surface area contributed by atoms with Gasteiger partial charge in [-0.25, -0.2) is 4.79 Å². The molecule has 31 heavy (non-hydrogen) atoms. The minimum Gasteiger partial charge on any atom is -0.423 e. The van der Waals surface area contributed by atoms with Crippen LogP contribution in [0.5, 0.6) is 5.75 Å². The molecule has 4 rings (SSSR count). The lowest BCUT2D eigenvalue weighted by Gasteiger charge is -2.16. The number of nitrogens with one attached hydrogen (secondary N) is 1. The van der Waals surface area contributed by atoms with Crippen molar-refractivity contribution in [2.24, 2.45) is 5.92 Å². The number of carbonyl (C=O) groups is 3. The maximum atomic E-state index is 12.7. The van der Waals surface area contributed by atoms with Crippen molar-refractivity contribution in [3.8, 4) is 5.75 Å². The zero-order chi connectivity index (χ0) is 21.8. The lowest BCUT2D eigenvalue weighted by molar-refractivity contribution is -0.122. The second kappa shape index (κ2) is 8.83. The zero-order valence-corrected chi connectivity index (χ0v) is 17.1. The molecule has 0 aliphatic carbocycles. The third kappa shape index (κ3) is 4.80. The smallest absolute Gasteiger partial charge is 0.343 e. The van der Waals surface area contributed by atoms with Crippen LogP contribution in [0.3, 0.4) is 0 Å². The Morgan fingerprint density at radius 3 is 2.45 bits per heavy atom. The molecule has 0 aromatic heterocycles. The van der Waals surface area contributed by atoms with Gasteiger partial charge in [-0.15, -0.1) is 0 Å². The molecule has 1 atom stereocenters. The van der Waals surface area contributed by atoms with Crippen LogP contribution in [0.1, 0.15) is 22.3 Å². The van der Waals surface area contributed by atoms with Crippen LogP contribution >= 0.6 is 0 Å². The van der Waals surface area contributed by atoms with Crippen molar-refractivity contribution in [1.82, 2.24) is 0 Å². The van der Waals surface area contributed by atoms with Crippen LogP contribution in [0.15, 0.2) is 78.9 Å². The minimum atomic E-state index is -0.469. The topological polar surface area (TPSA) is 75.7 Å². The number of nitrogens with zero attached hydrogens (tertiary/aromatic N) is 1. The number of aryl methyl sites for hydroxylation is 1. The average molecular weight is 414 g/mol. The molecule has 0 spiro atoms. The van der Waals surface area contributed by atoms with Crippen molar-refractivity contribution in [3.05, 3.63) is 90.0 Å². The summed E-state index contributed by atoms with van der Waals surface area (Å²) in [7, 11) is 0. The molecule has 2 amide bonds. The Morgan fingerprint density at radius 1 is 0.968 bits per heavy atom. The molecule has 3 aromatic rings. The highest BCUT2D eigenvalue weighted by Gasteiger charge is 2.35. The number of benzene rings is 3. The van der Waals surface area contributed by atoms with Gasteiger partial charge in [-0.2, -0.15) is 0 Å². The summed E-state index contributed by atoms with van der Waals surface area (Å²) in [5, 5.41) is 2.83. The van der Waals surface area contributed by atoms with Crippen LogP contribution in [0.25, 0.3) is 0 Å². The van der Waals surface area contributed by atoms with Gasteiger partial charge in [0.25, 0.3) is 0 Å². The third-order valence-corrected chi connectivity index (χ3v) is 5.16. The van der Waals surface area contributed by atoms with E-state index in [2.05, 4.69) is 5.32 Å². The Morgan fingerprint density at radius 2 is 1.71 bits per heavy atom. The van der Waals surface area contributed by atoms with Crippen molar-refractivity contribution in [1.29, 1.82) is 0 Å². The summed E-state index contributed by atoms with van der Waals surface area (Å²) < 4.78 is 5.43. The molecule has 0 bridgehead atoms. The summed E-state index contributed by atoms with van der Waals surface area (Å²) in [6.07, 6.45) is 0.156. The first-order chi connectivity index (χ1) is 15.0. The summed E-state index contributed by atoms with van der Waals surface area (Å²) in [6, 6.07) is 23.1. The van der Waals surface area contributed by atoms with E-state index in [0.717, 1.165) is 11.3 Å². The Kier molecular flexibility index (Phi) is 5.80. The lowest BCUT2D eigenvalue weighted by atomic mass is 10.1. The number of esters is 1. The number of ether oxygens (including phenoxy) is 1. The van der Waals surface area contributed by atoms with Crippen LogP contribution < -0.4 is 15.0 Å². The zero-order valence-electron chi connectivity index (χ0n) is 17.1. The summed E-state index contributed by atoms with van der Waals surface area (Å²) in [5.41, 5.74) is 2.79. The van der Waals surface area contributed by atoms with Crippen molar-refractivity contribution in [3.63, 3.8) is 0 Å². The number of hydrogen-bond acceptors (Lipinski definition) is 4. The van der Waals surface area contributed by atoms with Crippen LogP contribution in [0.4, 0.5) is 11.4 Å². The van der Waals surface area contributed by atoms with Gasteiger partial charge >= 0.3 is 5.97 Å². The van der Waals surface area contributed by atoms with E-state index in [9.17, 15) is 14.4 Å². The van der Waals surface area contributed by atoms with Crippen molar-refractivity contribution in [2.45, 2.75) is 13.3 Å². The van der Waals surface area contributed by atoms with Gasteiger partial charge in [0, 0.05) is 30.4 Å². The fraction of sp³-hybridized carbons (Fsp3) is 0.160. The number of amides is 2. The first-order valence-corrected chi connectivity index (χ1v) is 10.0. The summed E-state index contributed by atoms with van der Waals surface area (Å²) >= 11 is 0. The second-order valence-corrected chi connectivity index (χ2v) is 7.51. The van der Waals surface area contributed by atoms with Crippen LogP contribution in [0, 0.1) is 12.8 Å². The maximum Gasteiger partial charge on any atom is 0.343 e. The number of hydrogen-bond donors (Lipinski definition) is 1. The molecule has 1 heterocycles. The summed E-state index contributed by atoms with van der Waals surface area (Å²) in [6.45, 7) is 2.27. The molecule has 1 fully saturated rings. The summed E-state index contributed by atoms with van der Waals surface area (Å²) in [5.74, 6) is -0.910. The van der Waals surface area contributed by atoms with Gasteiger partial charge in [0.05, 0.1) is 11.5 Å². The van der Waals surface area contributed by atoms with Gasteiger partial charge in [-0.1, -0.05) is 42.0 Å². The largest absolute Gasteiger partial charge is 0.423 e. The van der Waals surface area contributed by atoms with Gasteiger partial charge in [-0.05, 0) is 43.3 Å². The predicted molar refractivity (Wildman–Crippen MR) is 118 cm³/mol. The minimum absolute atomic E-state index is 0.0767. The van der Waals surface area contributed by atoms with Crippen molar-refractivity contribution < 1.29 is 19.1 Å². The molecule has 3 aromatic carbocycles. The molecular weight excluding hydrogens is 392 g/mol. The van der Waals surface area contributed by atoms with Crippen molar-refractivity contribution >= 4 is 29.2 Å². The van der Waals surface area contributed by atoms with Gasteiger partial charge in [0.15, 0.2) is 0 Å². The highest BCUT2D eigenvalue weighted by molar-refractivity contribution is 6.03. The molecular formula is C25H22N2O4. The molecule has 0 saturated carbocycles. The molecule has 1 aliphatic heterocycles. The molecule has 1 aliphatic rings. The molecule has 0 radical (unpaired) electrons. The molecule has 6 nitrogen and oxygen atoms in total. The first kappa shape index (κ1) is 20.3. The fourth-order valence-electron chi connectivity index (χ4n) is 3.48. The number of rotatable bonds is 5.